The number of nitrogen functional groups attached to an aromatic ring is 2. The molecule has 4 N–H and O–H groups in total. The molecule has 0 atom stereocenters. The van der Waals surface area contributed by atoms with E-state index >= 15 is 0 Å². The van der Waals surface area contributed by atoms with Crippen molar-refractivity contribution in [3.63, 3.8) is 0 Å². The van der Waals surface area contributed by atoms with Gasteiger partial charge in [0.1, 0.15) is 11.1 Å². The predicted octanol–water partition coefficient (Wildman–Crippen LogP) is 2.61. The van der Waals surface area contributed by atoms with Gasteiger partial charge in [0.15, 0.2) is 0 Å². The van der Waals surface area contributed by atoms with Crippen LogP contribution in [-0.4, -0.2) is 35.1 Å². The summed E-state index contributed by atoms with van der Waals surface area (Å²) >= 11 is 0. The molecule has 1 aromatic carbocycles. The zero-order valence-corrected chi connectivity index (χ0v) is 15.3. The quantitative estimate of drug-likeness (QED) is 0.531. The van der Waals surface area contributed by atoms with Crippen LogP contribution in [-0.2, 0) is 9.47 Å². The van der Waals surface area contributed by atoms with Crippen LogP contribution in [0.15, 0.2) is 18.5 Å². The van der Waals surface area contributed by atoms with Gasteiger partial charge >= 0.3 is 11.9 Å². The Bertz CT molecular complexity index is 997. The first-order valence-corrected chi connectivity index (χ1v) is 8.50. The molecule has 0 aliphatic carbocycles. The molecule has 0 aliphatic heterocycles. The zero-order chi connectivity index (χ0) is 19.7. The van der Waals surface area contributed by atoms with Crippen molar-refractivity contribution in [3.05, 3.63) is 35.2 Å². The summed E-state index contributed by atoms with van der Waals surface area (Å²) in [7, 11) is 0. The number of ether oxygens (including phenoxy) is 2. The maximum atomic E-state index is 12.1. The average molecular weight is 368 g/mol. The van der Waals surface area contributed by atoms with Gasteiger partial charge in [0, 0.05) is 28.7 Å². The molecule has 0 bridgehead atoms. The van der Waals surface area contributed by atoms with Crippen LogP contribution < -0.4 is 11.5 Å². The maximum Gasteiger partial charge on any atom is 0.341 e. The Labute approximate surface area is 155 Å². The molecule has 3 rings (SSSR count). The Balaban J connectivity index is 2.31. The van der Waals surface area contributed by atoms with Gasteiger partial charge in [-0.25, -0.2) is 9.59 Å². The lowest BCUT2D eigenvalue weighted by molar-refractivity contribution is 0.0517. The molecular weight excluding hydrogens is 348 g/mol. The van der Waals surface area contributed by atoms with Gasteiger partial charge in [0.05, 0.1) is 35.6 Å². The van der Waals surface area contributed by atoms with Crippen LogP contribution in [0, 0.1) is 6.92 Å². The number of rotatable bonds is 4. The molecule has 0 unspecified atom stereocenters. The number of esters is 2. The molecular formula is C19H20N4O4. The van der Waals surface area contributed by atoms with E-state index in [-0.39, 0.29) is 35.7 Å². The Morgan fingerprint density at radius 2 is 1.30 bits per heavy atom. The summed E-state index contributed by atoms with van der Waals surface area (Å²) in [6.07, 6.45) is 2.79. The first kappa shape index (κ1) is 18.4. The lowest BCUT2D eigenvalue weighted by Gasteiger charge is -2.13. The van der Waals surface area contributed by atoms with Crippen LogP contribution in [0.2, 0.25) is 0 Å². The number of pyridine rings is 2. The number of hydrogen-bond donors (Lipinski definition) is 2. The summed E-state index contributed by atoms with van der Waals surface area (Å²) in [5.74, 6) is -1.10. The van der Waals surface area contributed by atoms with E-state index in [0.29, 0.717) is 21.8 Å². The average Bonchev–Trinajstić information content (AvgIpc) is 2.64. The molecule has 8 heteroatoms. The van der Waals surface area contributed by atoms with Crippen LogP contribution in [0.25, 0.3) is 21.8 Å². The van der Waals surface area contributed by atoms with E-state index in [1.165, 1.54) is 12.4 Å². The van der Waals surface area contributed by atoms with E-state index in [0.717, 1.165) is 5.56 Å². The van der Waals surface area contributed by atoms with E-state index in [9.17, 15) is 9.59 Å². The summed E-state index contributed by atoms with van der Waals surface area (Å²) in [5, 5.41) is 1.08. The molecule has 0 saturated carbocycles. The minimum Gasteiger partial charge on any atom is -0.462 e. The van der Waals surface area contributed by atoms with Gasteiger partial charge in [-0.05, 0) is 26.8 Å². The van der Waals surface area contributed by atoms with Crippen molar-refractivity contribution < 1.29 is 19.1 Å². The Kier molecular flexibility index (Phi) is 4.81. The summed E-state index contributed by atoms with van der Waals surface area (Å²) in [5.41, 5.74) is 15.2. The highest BCUT2D eigenvalue weighted by atomic mass is 16.5. The van der Waals surface area contributed by atoms with Gasteiger partial charge in [-0.2, -0.15) is 0 Å². The van der Waals surface area contributed by atoms with Gasteiger partial charge in [-0.1, -0.05) is 0 Å². The Hall–Kier alpha value is -3.42. The lowest BCUT2D eigenvalue weighted by atomic mass is 10.00. The van der Waals surface area contributed by atoms with Crippen molar-refractivity contribution in [2.45, 2.75) is 20.8 Å². The molecule has 0 saturated heterocycles. The van der Waals surface area contributed by atoms with E-state index in [1.54, 1.807) is 19.9 Å². The third kappa shape index (κ3) is 2.99. The van der Waals surface area contributed by atoms with Gasteiger partial charge in [-0.15, -0.1) is 0 Å². The fourth-order valence-electron chi connectivity index (χ4n) is 2.97. The van der Waals surface area contributed by atoms with E-state index in [1.807, 2.05) is 6.92 Å². The van der Waals surface area contributed by atoms with E-state index < -0.39 is 11.9 Å². The number of benzene rings is 1. The molecule has 140 valence electrons. The number of carbonyl (C=O) groups excluding carboxylic acids is 2. The second kappa shape index (κ2) is 7.06. The molecule has 0 fully saturated rings. The summed E-state index contributed by atoms with van der Waals surface area (Å²) in [4.78, 5) is 32.9. The van der Waals surface area contributed by atoms with Crippen molar-refractivity contribution in [2.24, 2.45) is 0 Å². The topological polar surface area (TPSA) is 130 Å². The molecule has 2 aromatic heterocycles. The van der Waals surface area contributed by atoms with Crippen LogP contribution in [0.5, 0.6) is 0 Å². The Morgan fingerprint density at radius 1 is 0.889 bits per heavy atom. The molecule has 0 aliphatic rings. The van der Waals surface area contributed by atoms with Crippen LogP contribution >= 0.6 is 0 Å². The summed E-state index contributed by atoms with van der Waals surface area (Å²) in [6, 6.07) is 1.69. The minimum absolute atomic E-state index is 0.177. The first-order valence-electron chi connectivity index (χ1n) is 8.50. The standard InChI is InChI=1S/C19H20N4O4/c1-4-26-18(24)12-7-22-16-9(3)17-11(6-10(16)14(12)20)15(21)13(8-23-17)19(25)27-5-2/h6-8H,4-5H2,1-3H3,(H2,20,22)(H2,21,23). The normalized spacial score (nSPS) is 10.9. The highest BCUT2D eigenvalue weighted by Gasteiger charge is 2.20. The number of anilines is 2. The fraction of sp³-hybridized carbons (Fsp3) is 0.263. The predicted molar refractivity (Wildman–Crippen MR) is 103 cm³/mol. The molecule has 2 heterocycles. The fourth-order valence-corrected chi connectivity index (χ4v) is 2.97. The number of fused-ring (bicyclic) bond motifs is 2. The number of nitrogens with zero attached hydrogens (tertiary/aromatic N) is 2. The third-order valence-electron chi connectivity index (χ3n) is 4.31. The van der Waals surface area contributed by atoms with E-state index in [2.05, 4.69) is 9.97 Å². The Morgan fingerprint density at radius 3 is 1.67 bits per heavy atom. The van der Waals surface area contributed by atoms with Crippen molar-refractivity contribution in [1.82, 2.24) is 9.97 Å². The van der Waals surface area contributed by atoms with Gasteiger partial charge in [0.25, 0.3) is 0 Å². The largest absolute Gasteiger partial charge is 0.462 e. The van der Waals surface area contributed by atoms with E-state index in [4.69, 9.17) is 20.9 Å². The van der Waals surface area contributed by atoms with Crippen LogP contribution in [0.1, 0.15) is 40.1 Å². The van der Waals surface area contributed by atoms with Crippen molar-refractivity contribution >= 4 is 45.1 Å². The van der Waals surface area contributed by atoms with Crippen LogP contribution in [0.3, 0.4) is 0 Å². The summed E-state index contributed by atoms with van der Waals surface area (Å²) in [6.45, 7) is 5.71. The number of aromatic nitrogens is 2. The first-order chi connectivity index (χ1) is 12.9. The van der Waals surface area contributed by atoms with Gasteiger partial charge in [0.2, 0.25) is 0 Å². The number of hydrogen-bond acceptors (Lipinski definition) is 8. The van der Waals surface area contributed by atoms with Gasteiger partial charge in [-0.3, -0.25) is 9.97 Å². The third-order valence-corrected chi connectivity index (χ3v) is 4.31. The van der Waals surface area contributed by atoms with Crippen molar-refractivity contribution in [2.75, 3.05) is 24.7 Å². The number of carbonyl (C=O) groups is 2. The lowest BCUT2D eigenvalue weighted by Crippen LogP contribution is -2.11. The van der Waals surface area contributed by atoms with Crippen LogP contribution in [0.4, 0.5) is 11.4 Å². The second-order valence-electron chi connectivity index (χ2n) is 5.91. The minimum atomic E-state index is -0.548. The molecule has 27 heavy (non-hydrogen) atoms. The molecule has 0 spiro atoms. The second-order valence-corrected chi connectivity index (χ2v) is 5.91. The van der Waals surface area contributed by atoms with Crippen molar-refractivity contribution in [1.29, 1.82) is 0 Å². The molecule has 8 nitrogen and oxygen atoms in total. The molecule has 3 aromatic rings. The highest BCUT2D eigenvalue weighted by molar-refractivity contribution is 6.13. The van der Waals surface area contributed by atoms with Gasteiger partial charge < -0.3 is 20.9 Å². The highest BCUT2D eigenvalue weighted by Crippen LogP contribution is 2.34. The smallest absolute Gasteiger partial charge is 0.341 e. The number of nitrogens with two attached hydrogens (primary N) is 2. The van der Waals surface area contributed by atoms with Crippen molar-refractivity contribution in [3.8, 4) is 0 Å². The number of aryl methyl sites for hydroxylation is 1. The SMILES string of the molecule is CCOC(=O)c1cnc2c(C)c3ncc(C(=O)OCC)c(N)c3cc2c1N. The summed E-state index contributed by atoms with van der Waals surface area (Å²) < 4.78 is 10.0. The molecule has 0 amide bonds. The molecule has 0 radical (unpaired) electrons. The zero-order valence-electron chi connectivity index (χ0n) is 15.3. The monoisotopic (exact) mass is 368 g/mol. The maximum absolute atomic E-state index is 12.1.